The van der Waals surface area contributed by atoms with Crippen molar-refractivity contribution in [3.05, 3.63) is 41.7 Å². The van der Waals surface area contributed by atoms with E-state index in [0.717, 1.165) is 101 Å². The number of methoxy groups -OCH3 is 1. The molecule has 1 N–H and O–H groups in total. The van der Waals surface area contributed by atoms with Gasteiger partial charge in [-0.3, -0.25) is 18.8 Å². The lowest BCUT2D eigenvalue weighted by Crippen LogP contribution is -2.54. The van der Waals surface area contributed by atoms with Gasteiger partial charge in [0.2, 0.25) is 0 Å². The van der Waals surface area contributed by atoms with Crippen molar-refractivity contribution in [1.29, 1.82) is 0 Å². The number of hydrogen-bond donors (Lipinski definition) is 1. The lowest BCUT2D eigenvalue weighted by Gasteiger charge is -2.54. The Kier molecular flexibility index (Phi) is 18.6. The molecule has 0 aliphatic heterocycles. The van der Waals surface area contributed by atoms with Crippen LogP contribution in [-0.2, 0) is 31.0 Å². The molecule has 2 aromatic heterocycles. The summed E-state index contributed by atoms with van der Waals surface area (Å²) in [5, 5.41) is 9.52. The van der Waals surface area contributed by atoms with E-state index in [-0.39, 0.29) is 23.9 Å². The van der Waals surface area contributed by atoms with E-state index in [0.29, 0.717) is 92.6 Å². The number of carbonyl (C=O) groups is 4. The van der Waals surface area contributed by atoms with Gasteiger partial charge < -0.3 is 14.6 Å². The van der Waals surface area contributed by atoms with Crippen LogP contribution in [0.2, 0.25) is 0 Å². The summed E-state index contributed by atoms with van der Waals surface area (Å²) < 4.78 is 17.5. The fraction of sp³-hybridized carbons (Fsp3) is 0.755. The van der Waals surface area contributed by atoms with Crippen molar-refractivity contribution in [3.63, 3.8) is 0 Å². The predicted molar refractivity (Wildman–Crippen MR) is 230 cm³/mol. The zero-order chi connectivity index (χ0) is 43.0. The first-order chi connectivity index (χ1) is 29.1. The molecule has 0 bridgehead atoms. The number of hydrogen-bond acceptors (Lipinski definition) is 9. The van der Waals surface area contributed by atoms with Crippen LogP contribution in [0.4, 0.5) is 4.39 Å². The van der Waals surface area contributed by atoms with Gasteiger partial charge in [-0.15, -0.1) is 0 Å². The molecule has 0 aromatic carbocycles. The molecule has 2 heterocycles. The highest BCUT2D eigenvalue weighted by Crippen LogP contribution is 2.59. The van der Waals surface area contributed by atoms with Gasteiger partial charge in [0.1, 0.15) is 23.7 Å². The average molecular weight is 833 g/mol. The number of aldehydes is 1. The molecule has 0 radical (unpaired) electrons. The van der Waals surface area contributed by atoms with Crippen molar-refractivity contribution in [2.24, 2.45) is 35.0 Å². The summed E-state index contributed by atoms with van der Waals surface area (Å²) in [7, 11) is 1.55. The number of halogens is 1. The summed E-state index contributed by atoms with van der Waals surface area (Å²) >= 11 is 0. The van der Waals surface area contributed by atoms with Gasteiger partial charge >= 0.3 is 12.0 Å². The summed E-state index contributed by atoms with van der Waals surface area (Å²) in [6, 6.07) is 0.334. The fourth-order valence-electron chi connectivity index (χ4n) is 11.6. The Morgan fingerprint density at radius 3 is 1.97 bits per heavy atom. The van der Waals surface area contributed by atoms with Crippen molar-refractivity contribution in [2.45, 2.75) is 186 Å². The summed E-state index contributed by atoms with van der Waals surface area (Å²) in [5.74, 6) is 2.72. The molecule has 0 saturated heterocycles. The first-order valence-corrected chi connectivity index (χ1v) is 23.6. The third-order valence-corrected chi connectivity index (χ3v) is 15.3. The van der Waals surface area contributed by atoms with Crippen LogP contribution in [0, 0.1) is 35.0 Å². The van der Waals surface area contributed by atoms with E-state index in [1.165, 1.54) is 31.1 Å². The second-order valence-electron chi connectivity index (χ2n) is 18.6. The maximum Gasteiger partial charge on any atom is 0.316 e. The van der Waals surface area contributed by atoms with Crippen molar-refractivity contribution >= 4 is 23.8 Å². The number of unbranched alkanes of at least 4 members (excludes halogenated alkanes) is 1. The second kappa shape index (κ2) is 23.5. The molecule has 60 heavy (non-hydrogen) atoms. The third-order valence-electron chi connectivity index (χ3n) is 15.3. The smallest absolute Gasteiger partial charge is 0.316 e. The van der Waals surface area contributed by atoms with E-state index in [4.69, 9.17) is 4.74 Å². The summed E-state index contributed by atoms with van der Waals surface area (Å²) in [4.78, 5) is 66.5. The normalized spacial score (nSPS) is 27.1. The van der Waals surface area contributed by atoms with Crippen LogP contribution in [0.1, 0.15) is 191 Å². The highest BCUT2D eigenvalue weighted by molar-refractivity contribution is 5.87. The topological polar surface area (TPSA) is 149 Å². The molecule has 1 unspecified atom stereocenters. The SMILES string of the molecule is CCC(=O)CCC1CCC(C(C=O)C2CCC(c3cnc(CCCF)nc3)CC2)CC1.CCCCC(=O)C1(C2(c3cnc(OC)nc3)CCCCC2)CCC(C(=O)O)CC1. The Balaban J connectivity index is 0.000000228. The number of aryl methyl sites for hydroxylation is 1. The van der Waals surface area contributed by atoms with Gasteiger partial charge in [-0.2, -0.15) is 0 Å². The summed E-state index contributed by atoms with van der Waals surface area (Å²) in [6.45, 7) is 3.72. The monoisotopic (exact) mass is 833 g/mol. The number of carbonyl (C=O) groups excluding carboxylic acids is 3. The summed E-state index contributed by atoms with van der Waals surface area (Å²) in [6.07, 6.45) is 31.4. The van der Waals surface area contributed by atoms with Crippen LogP contribution in [0.5, 0.6) is 6.01 Å². The van der Waals surface area contributed by atoms with Gasteiger partial charge in [0, 0.05) is 67.2 Å². The zero-order valence-electron chi connectivity index (χ0n) is 36.9. The lowest BCUT2D eigenvalue weighted by molar-refractivity contribution is -0.149. The van der Waals surface area contributed by atoms with Crippen LogP contribution in [0.15, 0.2) is 24.8 Å². The lowest BCUT2D eigenvalue weighted by atomic mass is 9.47. The fourth-order valence-corrected chi connectivity index (χ4v) is 11.6. The molecule has 6 rings (SSSR count). The number of Topliss-reactive ketones (excluding diaryl/α,β-unsaturated/α-hetero) is 2. The molecule has 0 spiro atoms. The van der Waals surface area contributed by atoms with Gasteiger partial charge in [0.25, 0.3) is 0 Å². The van der Waals surface area contributed by atoms with Gasteiger partial charge in [-0.25, -0.2) is 19.9 Å². The number of ketones is 2. The maximum absolute atomic E-state index is 13.7. The number of carboxylic acids is 1. The maximum atomic E-state index is 13.7. The number of aromatic nitrogens is 4. The Hall–Kier alpha value is -3.63. The van der Waals surface area contributed by atoms with Crippen LogP contribution in [0.25, 0.3) is 0 Å². The largest absolute Gasteiger partial charge is 0.481 e. The molecule has 0 amide bonds. The number of nitrogens with zero attached hydrogens (tertiary/aromatic N) is 4. The van der Waals surface area contributed by atoms with E-state index in [9.17, 15) is 28.7 Å². The minimum Gasteiger partial charge on any atom is -0.481 e. The average Bonchev–Trinajstić information content (AvgIpc) is 3.30. The predicted octanol–water partition coefficient (Wildman–Crippen LogP) is 10.7. The van der Waals surface area contributed by atoms with Gasteiger partial charge in [0.05, 0.1) is 19.7 Å². The minimum atomic E-state index is -0.731. The van der Waals surface area contributed by atoms with Crippen molar-refractivity contribution < 1.29 is 33.4 Å². The Bertz CT molecular complexity index is 1620. The molecule has 2 aromatic rings. The van der Waals surface area contributed by atoms with Crippen LogP contribution >= 0.6 is 0 Å². The Morgan fingerprint density at radius 1 is 0.817 bits per heavy atom. The zero-order valence-corrected chi connectivity index (χ0v) is 36.9. The van der Waals surface area contributed by atoms with Crippen LogP contribution in [0.3, 0.4) is 0 Å². The van der Waals surface area contributed by atoms with Gasteiger partial charge in [-0.1, -0.05) is 52.4 Å². The molecule has 4 aliphatic carbocycles. The van der Waals surface area contributed by atoms with E-state index < -0.39 is 11.4 Å². The van der Waals surface area contributed by atoms with Crippen molar-refractivity contribution in [2.75, 3.05) is 13.8 Å². The van der Waals surface area contributed by atoms with E-state index in [2.05, 4.69) is 26.9 Å². The number of aliphatic carboxylic acids is 1. The molecule has 4 aliphatic rings. The molecule has 4 fully saturated rings. The number of rotatable bonds is 19. The van der Waals surface area contributed by atoms with Crippen LogP contribution in [-0.4, -0.2) is 62.6 Å². The highest BCUT2D eigenvalue weighted by Gasteiger charge is 2.57. The molecule has 4 saturated carbocycles. The molecule has 11 heteroatoms. The number of alkyl halides is 1. The highest BCUT2D eigenvalue weighted by atomic mass is 19.1. The molecule has 332 valence electrons. The first-order valence-electron chi connectivity index (χ1n) is 23.6. The number of carboxylic acid groups (broad SMARTS) is 1. The summed E-state index contributed by atoms with van der Waals surface area (Å²) in [5.41, 5.74) is 1.40. The first kappa shape index (κ1) is 47.4. The van der Waals surface area contributed by atoms with Crippen molar-refractivity contribution in [3.8, 4) is 6.01 Å². The Morgan fingerprint density at radius 2 is 1.43 bits per heavy atom. The van der Waals surface area contributed by atoms with Crippen molar-refractivity contribution in [1.82, 2.24) is 19.9 Å². The van der Waals surface area contributed by atoms with E-state index in [1.54, 1.807) is 7.11 Å². The molecule has 10 nitrogen and oxygen atoms in total. The van der Waals surface area contributed by atoms with E-state index >= 15 is 0 Å². The number of ether oxygens (including phenoxy) is 1. The Labute approximate surface area is 358 Å². The quantitative estimate of drug-likeness (QED) is 0.136. The standard InChI is InChI=1S/C26H39FN2O2.C23H34N2O4/c1-2-24(31)14-7-19-5-8-21(9-6-19)25(18-30)22-12-10-20(11-13-22)23-16-28-26(29-17-23)4-3-15-27;1-3-4-8-19(26)23(13-9-17(10-14-23)20(27)28)22(11-6-5-7-12-22)18-15-24-21(29-2)25-16-18/h16-22,25H,2-15H2,1H3;15-17H,3-14H2,1-2H3,(H,27,28). The molecular weight excluding hydrogens is 760 g/mol. The third kappa shape index (κ3) is 11.8. The van der Waals surface area contributed by atoms with Gasteiger partial charge in [0.15, 0.2) is 0 Å². The van der Waals surface area contributed by atoms with Gasteiger partial charge in [-0.05, 0) is 131 Å². The molecule has 1 atom stereocenters. The second-order valence-corrected chi connectivity index (χ2v) is 18.6. The van der Waals surface area contributed by atoms with Crippen LogP contribution < -0.4 is 4.74 Å². The minimum absolute atomic E-state index is 0.193. The van der Waals surface area contributed by atoms with E-state index in [1.807, 2.05) is 31.7 Å². The molecular formula is C49H73FN4O6.